The minimum atomic E-state index is -3.91. The van der Waals surface area contributed by atoms with Crippen LogP contribution in [-0.2, 0) is 24.3 Å². The maximum atomic E-state index is 13.3. The molecule has 166 valence electrons. The Morgan fingerprint density at radius 2 is 1.62 bits per heavy atom. The fraction of sp³-hybridized carbons (Fsp3) is 0.200. The van der Waals surface area contributed by atoms with Crippen LogP contribution in [0.25, 0.3) is 5.57 Å². The molecule has 1 aliphatic rings. The molecular weight excluding hydrogens is 426 g/mol. The van der Waals surface area contributed by atoms with Gasteiger partial charge in [-0.15, -0.1) is 0 Å². The lowest BCUT2D eigenvalue weighted by Gasteiger charge is -2.22. The van der Waals surface area contributed by atoms with Crippen LogP contribution in [0.4, 0.5) is 0 Å². The average Bonchev–Trinajstić information content (AvgIpc) is 2.79. The molecule has 0 aliphatic carbocycles. The molecule has 0 spiro atoms. The van der Waals surface area contributed by atoms with Crippen LogP contribution in [0.5, 0.6) is 0 Å². The van der Waals surface area contributed by atoms with E-state index in [1.807, 2.05) is 37.3 Å². The molecule has 0 radical (unpaired) electrons. The van der Waals surface area contributed by atoms with Gasteiger partial charge in [-0.25, -0.2) is 8.42 Å². The molecule has 7 heteroatoms. The number of hydrogen-bond donors (Lipinski definition) is 0. The van der Waals surface area contributed by atoms with Crippen LogP contribution < -0.4 is 0 Å². The average molecular weight is 452 g/mol. The number of sulfonamides is 1. The number of ether oxygens (including phenoxy) is 1. The minimum absolute atomic E-state index is 0.0403. The van der Waals surface area contributed by atoms with Crippen molar-refractivity contribution in [2.75, 3.05) is 13.1 Å². The maximum absolute atomic E-state index is 13.3. The van der Waals surface area contributed by atoms with Crippen LogP contribution in [0.1, 0.15) is 24.5 Å². The highest BCUT2D eigenvalue weighted by molar-refractivity contribution is 7.89. The minimum Gasteiger partial charge on any atom is -0.426 e. The van der Waals surface area contributed by atoms with Gasteiger partial charge in [-0.2, -0.15) is 4.31 Å². The van der Waals surface area contributed by atoms with E-state index < -0.39 is 16.0 Å². The highest BCUT2D eigenvalue weighted by Gasteiger charge is 2.27. The van der Waals surface area contributed by atoms with Crippen molar-refractivity contribution in [3.63, 3.8) is 0 Å². The zero-order valence-corrected chi connectivity index (χ0v) is 18.8. The topological polar surface area (TPSA) is 80.8 Å². The Bertz CT molecular complexity index is 1180. The monoisotopic (exact) mass is 451 g/mol. The van der Waals surface area contributed by atoms with Gasteiger partial charge in [0.25, 0.3) is 0 Å². The number of carbonyl (C=O) groups is 2. The summed E-state index contributed by atoms with van der Waals surface area (Å²) in [6.45, 7) is 2.94. The van der Waals surface area contributed by atoms with Crippen molar-refractivity contribution in [3.8, 4) is 0 Å². The first kappa shape index (κ1) is 23.4. The van der Waals surface area contributed by atoms with Crippen molar-refractivity contribution >= 4 is 27.3 Å². The van der Waals surface area contributed by atoms with E-state index in [1.54, 1.807) is 24.3 Å². The summed E-state index contributed by atoms with van der Waals surface area (Å²) in [5, 5.41) is 0. The van der Waals surface area contributed by atoms with Gasteiger partial charge in [0.1, 0.15) is 5.76 Å². The summed E-state index contributed by atoms with van der Waals surface area (Å²) in [7, 11) is -3.91. The summed E-state index contributed by atoms with van der Waals surface area (Å²) in [5.41, 5.74) is 2.41. The Morgan fingerprint density at radius 1 is 0.969 bits per heavy atom. The third kappa shape index (κ3) is 5.90. The van der Waals surface area contributed by atoms with E-state index in [-0.39, 0.29) is 30.2 Å². The van der Waals surface area contributed by atoms with Gasteiger partial charge in [0, 0.05) is 19.0 Å². The van der Waals surface area contributed by atoms with Crippen molar-refractivity contribution in [3.05, 3.63) is 95.8 Å². The number of carbonyl (C=O) groups excluding carboxylic acids is 2. The highest BCUT2D eigenvalue weighted by Crippen LogP contribution is 2.27. The molecule has 1 heterocycles. The highest BCUT2D eigenvalue weighted by atomic mass is 32.2. The Balaban J connectivity index is 2.07. The van der Waals surface area contributed by atoms with Crippen molar-refractivity contribution in [2.45, 2.75) is 25.2 Å². The Hall–Kier alpha value is -3.29. The Morgan fingerprint density at radius 3 is 2.28 bits per heavy atom. The van der Waals surface area contributed by atoms with Gasteiger partial charge >= 0.3 is 5.97 Å². The quantitative estimate of drug-likeness (QED) is 0.656. The number of benzene rings is 2. The fourth-order valence-electron chi connectivity index (χ4n) is 3.31. The molecule has 0 amide bonds. The predicted octanol–water partition coefficient (Wildman–Crippen LogP) is 4.05. The molecular formula is C25H25NO5S. The number of allylic oxidation sites excluding steroid dienone is 3. The molecule has 0 N–H and O–H groups in total. The van der Waals surface area contributed by atoms with Crippen molar-refractivity contribution in [1.82, 2.24) is 4.31 Å². The smallest absolute Gasteiger partial charge is 0.308 e. The summed E-state index contributed by atoms with van der Waals surface area (Å²) in [5.74, 6) is -0.518. The molecule has 0 fully saturated rings. The van der Waals surface area contributed by atoms with Gasteiger partial charge in [-0.3, -0.25) is 9.59 Å². The summed E-state index contributed by atoms with van der Waals surface area (Å²) < 4.78 is 33.3. The van der Waals surface area contributed by atoms with Crippen LogP contribution in [0, 0.1) is 6.92 Å². The van der Waals surface area contributed by atoms with Crippen molar-refractivity contribution in [2.24, 2.45) is 0 Å². The first-order valence-corrected chi connectivity index (χ1v) is 11.6. The third-order valence-electron chi connectivity index (χ3n) is 4.92. The lowest BCUT2D eigenvalue weighted by Crippen LogP contribution is -2.36. The lowest BCUT2D eigenvalue weighted by atomic mass is 10.0. The van der Waals surface area contributed by atoms with Crippen LogP contribution in [-0.4, -0.2) is 37.6 Å². The van der Waals surface area contributed by atoms with E-state index in [0.717, 1.165) is 11.1 Å². The predicted molar refractivity (Wildman–Crippen MR) is 123 cm³/mol. The van der Waals surface area contributed by atoms with Gasteiger partial charge in [0.05, 0.1) is 11.4 Å². The molecule has 3 rings (SSSR count). The second-order valence-corrected chi connectivity index (χ2v) is 9.33. The first-order chi connectivity index (χ1) is 15.3. The first-order valence-electron chi connectivity index (χ1n) is 10.2. The molecule has 32 heavy (non-hydrogen) atoms. The van der Waals surface area contributed by atoms with E-state index in [4.69, 9.17) is 4.74 Å². The van der Waals surface area contributed by atoms with E-state index in [9.17, 15) is 18.0 Å². The Labute approximate surface area is 188 Å². The zero-order chi connectivity index (χ0) is 23.1. The lowest BCUT2D eigenvalue weighted by molar-refractivity contribution is -0.136. The van der Waals surface area contributed by atoms with Gasteiger partial charge < -0.3 is 4.74 Å². The second kappa shape index (κ2) is 10.3. The molecule has 2 aromatic rings. The molecule has 0 bridgehead atoms. The molecule has 0 saturated carbocycles. The van der Waals surface area contributed by atoms with Gasteiger partial charge in [-0.1, -0.05) is 60.2 Å². The molecule has 0 unspecified atom stereocenters. The summed E-state index contributed by atoms with van der Waals surface area (Å²) in [6, 6.07) is 15.8. The van der Waals surface area contributed by atoms with E-state index >= 15 is 0 Å². The number of rotatable bonds is 4. The van der Waals surface area contributed by atoms with Crippen LogP contribution in [0.3, 0.4) is 0 Å². The van der Waals surface area contributed by atoms with Crippen LogP contribution in [0.15, 0.2) is 89.6 Å². The number of aryl methyl sites for hydroxylation is 1. The van der Waals surface area contributed by atoms with E-state index in [0.29, 0.717) is 11.3 Å². The standard InChI is InChI=1S/C25H25NO5S/c1-19-12-14-23(15-13-19)32(29,30)26-17-16-24(21-8-4-3-5-9-21)25(31-20(2)27)11-7-6-10-22(28)18-26/h3-15H,16-18H2,1-2H3/b10-6+,11-7-,25-24-. The number of nitrogens with zero attached hydrogens (tertiary/aromatic N) is 1. The summed E-state index contributed by atoms with van der Waals surface area (Å²) in [4.78, 5) is 24.3. The van der Waals surface area contributed by atoms with Gasteiger partial charge in [0.15, 0.2) is 5.78 Å². The van der Waals surface area contributed by atoms with E-state index in [1.165, 1.54) is 35.5 Å². The molecule has 2 aromatic carbocycles. The largest absolute Gasteiger partial charge is 0.426 e. The second-order valence-electron chi connectivity index (χ2n) is 7.39. The SMILES string of the molecule is CC(=O)OC1=C(\c2ccccc2)CCN(S(=O)(=O)c2ccc(C)cc2)CC(=O)/C=C/C=C\1. The van der Waals surface area contributed by atoms with Crippen molar-refractivity contribution < 1.29 is 22.7 Å². The molecule has 0 saturated heterocycles. The summed E-state index contributed by atoms with van der Waals surface area (Å²) in [6.07, 6.45) is 6.28. The maximum Gasteiger partial charge on any atom is 0.308 e. The van der Waals surface area contributed by atoms with Crippen LogP contribution >= 0.6 is 0 Å². The Kier molecular flexibility index (Phi) is 7.56. The van der Waals surface area contributed by atoms with Crippen molar-refractivity contribution in [1.29, 1.82) is 0 Å². The van der Waals surface area contributed by atoms with E-state index in [2.05, 4.69) is 0 Å². The number of ketones is 1. The van der Waals surface area contributed by atoms with Gasteiger partial charge in [-0.05, 0) is 43.2 Å². The van der Waals surface area contributed by atoms with Crippen LogP contribution in [0.2, 0.25) is 0 Å². The third-order valence-corrected chi connectivity index (χ3v) is 6.78. The summed E-state index contributed by atoms with van der Waals surface area (Å²) >= 11 is 0. The van der Waals surface area contributed by atoms with Gasteiger partial charge in [0.2, 0.25) is 10.0 Å². The number of esters is 1. The fourth-order valence-corrected chi connectivity index (χ4v) is 4.72. The molecule has 0 aromatic heterocycles. The molecule has 0 atom stereocenters. The molecule has 6 nitrogen and oxygen atoms in total. The zero-order valence-electron chi connectivity index (χ0n) is 18.0. The normalized spacial score (nSPS) is 20.2. The molecule has 1 aliphatic heterocycles. The number of hydrogen-bond acceptors (Lipinski definition) is 5.